The van der Waals surface area contributed by atoms with Crippen molar-refractivity contribution in [1.82, 2.24) is 14.9 Å². The highest BCUT2D eigenvalue weighted by Crippen LogP contribution is 2.65. The van der Waals surface area contributed by atoms with E-state index in [-0.39, 0.29) is 22.3 Å². The van der Waals surface area contributed by atoms with Gasteiger partial charge in [0.2, 0.25) is 5.91 Å². The number of phosphoric acid groups is 3. The monoisotopic (exact) mass is 955 g/mol. The third-order valence-electron chi connectivity index (χ3n) is 8.96. The van der Waals surface area contributed by atoms with Gasteiger partial charge in [0.15, 0.2) is 12.5 Å². The molecular formula is C33H40N3O24P3. The molecule has 0 bridgehead atoms. The fraction of sp³-hybridized carbons (Fsp3) is 0.424. The van der Waals surface area contributed by atoms with Crippen molar-refractivity contribution in [2.75, 3.05) is 13.2 Å². The summed E-state index contributed by atoms with van der Waals surface area (Å²) in [4.78, 5) is 82.1. The number of benzene rings is 2. The number of ether oxygens (including phenoxy) is 2. The molecule has 2 saturated heterocycles. The van der Waals surface area contributed by atoms with Gasteiger partial charge < -0.3 is 55.2 Å². The number of aromatic amines is 1. The van der Waals surface area contributed by atoms with Crippen molar-refractivity contribution in [2.24, 2.45) is 0 Å². The molecule has 30 heteroatoms. The zero-order valence-electron chi connectivity index (χ0n) is 32.2. The van der Waals surface area contributed by atoms with Crippen LogP contribution in [-0.2, 0) is 68.1 Å². The standard InChI is InChI=1S/C33H40N3O24P3/c1-16(38)34-24-28(58-61(48,49)53-13-17-2-6-19(7-3-17)30(43)44)26(41)21(12-37)57-32(24)59-62(50,51)60-63(52,54-14-18-4-8-20(9-5-18)31(45)46)55-15-22-25(40)27(42)29(56-22)36-11-10-23(39)35-33(36)47/h2-11,21-22,24-29,32,37,40-42H,12-15H2,1H3,(H,34,38)(H,43,44)(H,45,46)(H,48,49)(H,50,51)(H,35,39,47)/t21-,22+,24-,25+,26-,27+,28-,29+,32-,63?/m1/s1. The fourth-order valence-electron chi connectivity index (χ4n) is 5.90. The van der Waals surface area contributed by atoms with Crippen LogP contribution in [0.15, 0.2) is 70.4 Å². The van der Waals surface area contributed by atoms with Crippen LogP contribution in [0.5, 0.6) is 0 Å². The number of carbonyl (C=O) groups excluding carboxylic acids is 1. The Morgan fingerprint density at radius 3 is 1.86 bits per heavy atom. The number of hydrogen-bond donors (Lipinski definition) is 10. The Hall–Kier alpha value is -4.34. The molecule has 1 aromatic heterocycles. The van der Waals surface area contributed by atoms with E-state index in [0.29, 0.717) is 4.57 Å². The molecule has 2 fully saturated rings. The van der Waals surface area contributed by atoms with Crippen LogP contribution in [0.3, 0.4) is 0 Å². The number of aliphatic hydroxyl groups is 4. The molecule has 346 valence electrons. The smallest absolute Gasteiger partial charge is 0.478 e. The molecular weight excluding hydrogens is 915 g/mol. The van der Waals surface area contributed by atoms with Crippen LogP contribution in [0.2, 0.25) is 0 Å². The van der Waals surface area contributed by atoms with Gasteiger partial charge in [-0.15, -0.1) is 0 Å². The first-order valence-corrected chi connectivity index (χ1v) is 22.4. The van der Waals surface area contributed by atoms with Gasteiger partial charge in [-0.3, -0.25) is 41.8 Å². The van der Waals surface area contributed by atoms with E-state index in [1.54, 1.807) is 0 Å². The summed E-state index contributed by atoms with van der Waals surface area (Å²) in [7, 11) is -16.8. The number of amides is 1. The van der Waals surface area contributed by atoms with E-state index in [1.165, 1.54) is 36.4 Å². The Morgan fingerprint density at radius 2 is 1.33 bits per heavy atom. The van der Waals surface area contributed by atoms with E-state index in [0.717, 1.165) is 31.3 Å². The zero-order chi connectivity index (χ0) is 46.4. The number of aliphatic hydroxyl groups excluding tert-OH is 4. The fourth-order valence-corrected chi connectivity index (χ4v) is 9.54. The minimum atomic E-state index is -5.99. The molecule has 3 heterocycles. The maximum absolute atomic E-state index is 14.1. The SMILES string of the molecule is CC(=O)N[C@H]1[C@@H](OP(=O)(O)OP(=O)(OCc2ccc(C(=O)O)cc2)OC[C@@H]2O[C@H](n3ccc(=O)[nH]c3=O)[C@@H](O)[C@H]2O)O[C@H](CO)[C@@H](O)[C@@H]1OP(=O)(O)OCc1ccc(C(=O)O)cc1. The second-order valence-corrected chi connectivity index (χ2v) is 18.1. The van der Waals surface area contributed by atoms with Crippen molar-refractivity contribution in [3.05, 3.63) is 104 Å². The van der Waals surface area contributed by atoms with E-state index < -0.39 is 134 Å². The minimum absolute atomic E-state index is 0.0835. The first-order chi connectivity index (χ1) is 29.5. The number of nitrogens with one attached hydrogen (secondary N) is 2. The van der Waals surface area contributed by atoms with Gasteiger partial charge in [0.1, 0.15) is 42.7 Å². The second-order valence-electron chi connectivity index (χ2n) is 13.5. The van der Waals surface area contributed by atoms with Gasteiger partial charge in [0, 0.05) is 19.2 Å². The molecule has 0 spiro atoms. The lowest BCUT2D eigenvalue weighted by molar-refractivity contribution is -0.245. The van der Waals surface area contributed by atoms with Crippen LogP contribution in [-0.4, -0.2) is 130 Å². The molecule has 2 aliphatic rings. The average molecular weight is 956 g/mol. The molecule has 1 amide bonds. The number of carboxylic acids is 2. The third kappa shape index (κ3) is 13.1. The highest BCUT2D eigenvalue weighted by Gasteiger charge is 2.53. The molecule has 0 saturated carbocycles. The van der Waals surface area contributed by atoms with Crippen molar-refractivity contribution in [3.63, 3.8) is 0 Å². The molecule has 63 heavy (non-hydrogen) atoms. The first kappa shape index (κ1) is 49.7. The molecule has 10 N–H and O–H groups in total. The summed E-state index contributed by atoms with van der Waals surface area (Å²) in [6.45, 7) is -2.79. The lowest BCUT2D eigenvalue weighted by Crippen LogP contribution is -2.65. The van der Waals surface area contributed by atoms with E-state index in [1.807, 2.05) is 4.98 Å². The van der Waals surface area contributed by atoms with Crippen LogP contribution in [0.4, 0.5) is 0 Å². The molecule has 12 atom stereocenters. The third-order valence-corrected chi connectivity index (χ3v) is 12.9. The van der Waals surface area contributed by atoms with Gasteiger partial charge in [-0.25, -0.2) is 28.1 Å². The van der Waals surface area contributed by atoms with Crippen molar-refractivity contribution in [3.8, 4) is 0 Å². The van der Waals surface area contributed by atoms with Crippen LogP contribution < -0.4 is 16.6 Å². The average Bonchev–Trinajstić information content (AvgIpc) is 3.49. The topological polar surface area (TPSA) is 405 Å². The predicted octanol–water partition coefficient (Wildman–Crippen LogP) is -0.687. The van der Waals surface area contributed by atoms with Crippen LogP contribution in [0.1, 0.15) is 45.0 Å². The number of H-pyrrole nitrogens is 1. The lowest BCUT2D eigenvalue weighted by atomic mass is 9.97. The number of carboxylic acid groups (broad SMARTS) is 2. The van der Waals surface area contributed by atoms with Crippen molar-refractivity contribution >= 4 is 41.3 Å². The Bertz CT molecular complexity index is 2380. The van der Waals surface area contributed by atoms with Gasteiger partial charge in [-0.2, -0.15) is 4.31 Å². The number of nitrogens with zero attached hydrogens (tertiary/aromatic N) is 1. The Morgan fingerprint density at radius 1 is 0.762 bits per heavy atom. The summed E-state index contributed by atoms with van der Waals surface area (Å²) in [5.74, 6) is -3.54. The van der Waals surface area contributed by atoms with Gasteiger partial charge in [-0.1, -0.05) is 24.3 Å². The number of aromatic nitrogens is 2. The number of hydrogen-bond acceptors (Lipinski definition) is 20. The molecule has 2 aliphatic heterocycles. The van der Waals surface area contributed by atoms with E-state index >= 15 is 0 Å². The summed E-state index contributed by atoms with van der Waals surface area (Å²) in [6.07, 6.45) is -14.8. The molecule has 0 aliphatic carbocycles. The van der Waals surface area contributed by atoms with E-state index in [2.05, 4.69) is 5.32 Å². The van der Waals surface area contributed by atoms with Crippen molar-refractivity contribution in [2.45, 2.75) is 75.3 Å². The summed E-state index contributed by atoms with van der Waals surface area (Å²) in [6, 6.07) is 8.33. The predicted molar refractivity (Wildman–Crippen MR) is 203 cm³/mol. The molecule has 5 rings (SSSR count). The second kappa shape index (κ2) is 20.7. The van der Waals surface area contributed by atoms with Crippen LogP contribution in [0, 0.1) is 0 Å². The molecule has 0 radical (unpaired) electrons. The maximum Gasteiger partial charge on any atom is 0.484 e. The first-order valence-electron chi connectivity index (χ1n) is 18.0. The largest absolute Gasteiger partial charge is 0.484 e. The Balaban J connectivity index is 1.37. The maximum atomic E-state index is 14.1. The Labute approximate surface area is 353 Å². The summed E-state index contributed by atoms with van der Waals surface area (Å²) >= 11 is 0. The van der Waals surface area contributed by atoms with Crippen molar-refractivity contribution in [1.29, 1.82) is 0 Å². The van der Waals surface area contributed by atoms with E-state index in [4.69, 9.17) is 41.5 Å². The van der Waals surface area contributed by atoms with Gasteiger partial charge in [-0.05, 0) is 35.4 Å². The normalized spacial score (nSPS) is 27.7. The summed E-state index contributed by atoms with van der Waals surface area (Å²) in [5, 5.41) is 62.7. The summed E-state index contributed by atoms with van der Waals surface area (Å²) in [5.41, 5.74) is -1.89. The number of aromatic carboxylic acids is 2. The van der Waals surface area contributed by atoms with Crippen molar-refractivity contribution < 1.29 is 105 Å². The Kier molecular flexibility index (Phi) is 16.3. The van der Waals surface area contributed by atoms with Gasteiger partial charge in [0.25, 0.3) is 5.56 Å². The quantitative estimate of drug-likeness (QED) is 0.0627. The van der Waals surface area contributed by atoms with E-state index in [9.17, 15) is 73.0 Å². The summed E-state index contributed by atoms with van der Waals surface area (Å²) < 4.78 is 83.0. The molecule has 3 unspecified atom stereocenters. The minimum Gasteiger partial charge on any atom is -0.478 e. The lowest BCUT2D eigenvalue weighted by Gasteiger charge is -2.44. The highest BCUT2D eigenvalue weighted by molar-refractivity contribution is 7.61. The zero-order valence-corrected chi connectivity index (χ0v) is 34.9. The highest BCUT2D eigenvalue weighted by atomic mass is 31.3. The van der Waals surface area contributed by atoms with Gasteiger partial charge >= 0.3 is 41.1 Å². The molecule has 2 aromatic carbocycles. The van der Waals surface area contributed by atoms with Crippen LogP contribution in [0.25, 0.3) is 0 Å². The molecule has 27 nitrogen and oxygen atoms in total. The molecule has 3 aromatic rings. The number of rotatable bonds is 20. The number of phosphoric ester groups is 3. The number of carbonyl (C=O) groups is 3. The van der Waals surface area contributed by atoms with Crippen LogP contribution >= 0.6 is 23.5 Å². The van der Waals surface area contributed by atoms with Gasteiger partial charge in [0.05, 0.1) is 37.6 Å².